The van der Waals surface area contributed by atoms with E-state index in [-0.39, 0.29) is 5.78 Å². The summed E-state index contributed by atoms with van der Waals surface area (Å²) in [4.78, 5) is 12.1. The lowest BCUT2D eigenvalue weighted by atomic mass is 9.99. The number of hydrogen-bond acceptors (Lipinski definition) is 3. The zero-order valence-corrected chi connectivity index (χ0v) is 11.0. The van der Waals surface area contributed by atoms with Crippen LogP contribution in [0.5, 0.6) is 5.75 Å². The van der Waals surface area contributed by atoms with E-state index in [0.717, 1.165) is 5.56 Å². The number of ketones is 1. The van der Waals surface area contributed by atoms with E-state index < -0.39 is 6.10 Å². The van der Waals surface area contributed by atoms with E-state index >= 15 is 0 Å². The summed E-state index contributed by atoms with van der Waals surface area (Å²) >= 11 is 0. The van der Waals surface area contributed by atoms with Gasteiger partial charge in [-0.15, -0.1) is 0 Å². The van der Waals surface area contributed by atoms with Crippen LogP contribution in [0.25, 0.3) is 0 Å². The van der Waals surface area contributed by atoms with E-state index in [9.17, 15) is 9.90 Å². The summed E-state index contributed by atoms with van der Waals surface area (Å²) in [6.07, 6.45) is -1.14. The van der Waals surface area contributed by atoms with Gasteiger partial charge in [-0.1, -0.05) is 42.0 Å². The van der Waals surface area contributed by atoms with Crippen molar-refractivity contribution in [3.05, 3.63) is 65.2 Å². The standard InChI is InChI=1S/C16H16O3/c1-11-3-5-12(6-4-11)15(17)16(18)13-7-9-14(19-2)10-8-13/h3-10,16,18H,1-2H3. The predicted octanol–water partition coefficient (Wildman–Crippen LogP) is 2.92. The lowest BCUT2D eigenvalue weighted by Gasteiger charge is -2.11. The van der Waals surface area contributed by atoms with Crippen molar-refractivity contribution in [1.29, 1.82) is 0 Å². The molecule has 2 rings (SSSR count). The third kappa shape index (κ3) is 3.01. The van der Waals surface area contributed by atoms with Crippen LogP contribution in [0.15, 0.2) is 48.5 Å². The molecular weight excluding hydrogens is 240 g/mol. The molecule has 3 heteroatoms. The summed E-state index contributed by atoms with van der Waals surface area (Å²) in [6, 6.07) is 14.0. The molecule has 0 spiro atoms. The number of methoxy groups -OCH3 is 1. The highest BCUT2D eigenvalue weighted by Gasteiger charge is 2.18. The van der Waals surface area contributed by atoms with E-state index in [4.69, 9.17) is 4.74 Å². The number of hydrogen-bond donors (Lipinski definition) is 1. The normalized spacial score (nSPS) is 11.9. The average molecular weight is 256 g/mol. The molecule has 2 aromatic rings. The van der Waals surface area contributed by atoms with Gasteiger partial charge in [-0.3, -0.25) is 4.79 Å². The number of carbonyl (C=O) groups excluding carboxylic acids is 1. The van der Waals surface area contributed by atoms with Crippen LogP contribution in [0, 0.1) is 6.92 Å². The van der Waals surface area contributed by atoms with Gasteiger partial charge >= 0.3 is 0 Å². The van der Waals surface area contributed by atoms with Crippen LogP contribution in [0.3, 0.4) is 0 Å². The number of carbonyl (C=O) groups is 1. The van der Waals surface area contributed by atoms with E-state index in [1.54, 1.807) is 43.5 Å². The molecule has 2 aromatic carbocycles. The summed E-state index contributed by atoms with van der Waals surface area (Å²) in [7, 11) is 1.57. The van der Waals surface area contributed by atoms with Crippen molar-refractivity contribution in [2.24, 2.45) is 0 Å². The molecule has 0 aliphatic carbocycles. The summed E-state index contributed by atoms with van der Waals surface area (Å²) in [6.45, 7) is 1.95. The number of aliphatic hydroxyl groups is 1. The zero-order chi connectivity index (χ0) is 13.8. The summed E-state index contributed by atoms with van der Waals surface area (Å²) < 4.78 is 5.04. The van der Waals surface area contributed by atoms with Gasteiger partial charge in [0.1, 0.15) is 11.9 Å². The quantitative estimate of drug-likeness (QED) is 0.855. The molecule has 1 atom stereocenters. The van der Waals surface area contributed by atoms with E-state index in [1.165, 1.54) is 0 Å². The maximum atomic E-state index is 12.1. The molecule has 0 aliphatic rings. The molecule has 3 nitrogen and oxygen atoms in total. The highest BCUT2D eigenvalue weighted by atomic mass is 16.5. The maximum absolute atomic E-state index is 12.1. The largest absolute Gasteiger partial charge is 0.497 e. The Bertz CT molecular complexity index is 556. The van der Waals surface area contributed by atoms with Gasteiger partial charge in [0, 0.05) is 5.56 Å². The number of aryl methyl sites for hydroxylation is 1. The first-order chi connectivity index (χ1) is 9.11. The van der Waals surface area contributed by atoms with Crippen molar-refractivity contribution in [2.45, 2.75) is 13.0 Å². The Morgan fingerprint density at radius 2 is 1.63 bits per heavy atom. The Balaban J connectivity index is 2.20. The molecule has 0 saturated carbocycles. The second-order valence-corrected chi connectivity index (χ2v) is 4.41. The summed E-state index contributed by atoms with van der Waals surface area (Å²) in [5.41, 5.74) is 2.15. The molecule has 0 radical (unpaired) electrons. The molecule has 0 bridgehead atoms. The third-order valence-electron chi connectivity index (χ3n) is 3.02. The van der Waals surface area contributed by atoms with E-state index in [1.807, 2.05) is 19.1 Å². The minimum absolute atomic E-state index is 0.301. The van der Waals surface area contributed by atoms with Crippen LogP contribution >= 0.6 is 0 Å². The summed E-state index contributed by atoms with van der Waals surface area (Å²) in [5.74, 6) is 0.393. The van der Waals surface area contributed by atoms with Gasteiger partial charge in [-0.2, -0.15) is 0 Å². The lowest BCUT2D eigenvalue weighted by molar-refractivity contribution is 0.0747. The second kappa shape index (κ2) is 5.67. The van der Waals surface area contributed by atoms with Crippen LogP contribution < -0.4 is 4.74 Å². The minimum atomic E-state index is -1.14. The van der Waals surface area contributed by atoms with Crippen LogP contribution in [0.1, 0.15) is 27.6 Å². The maximum Gasteiger partial charge on any atom is 0.195 e. The molecule has 98 valence electrons. The summed E-state index contributed by atoms with van der Waals surface area (Å²) in [5, 5.41) is 10.1. The Kier molecular flexibility index (Phi) is 3.97. The van der Waals surface area contributed by atoms with Crippen molar-refractivity contribution in [3.8, 4) is 5.75 Å². The smallest absolute Gasteiger partial charge is 0.195 e. The van der Waals surface area contributed by atoms with Crippen molar-refractivity contribution in [2.75, 3.05) is 7.11 Å². The molecule has 1 N–H and O–H groups in total. The zero-order valence-electron chi connectivity index (χ0n) is 11.0. The van der Waals surface area contributed by atoms with Gasteiger partial charge in [0.05, 0.1) is 7.11 Å². The SMILES string of the molecule is COc1ccc(C(O)C(=O)c2ccc(C)cc2)cc1. The van der Waals surface area contributed by atoms with Gasteiger partial charge in [-0.05, 0) is 24.6 Å². The van der Waals surface area contributed by atoms with E-state index in [0.29, 0.717) is 16.9 Å². The van der Waals surface area contributed by atoms with E-state index in [2.05, 4.69) is 0 Å². The Labute approximate surface area is 112 Å². The lowest BCUT2D eigenvalue weighted by Crippen LogP contribution is -2.12. The van der Waals surface area contributed by atoms with Gasteiger partial charge in [0.15, 0.2) is 5.78 Å². The highest BCUT2D eigenvalue weighted by Crippen LogP contribution is 2.21. The number of Topliss-reactive ketones (excluding diaryl/α,β-unsaturated/α-hetero) is 1. The fourth-order valence-electron chi connectivity index (χ4n) is 1.81. The molecule has 0 fully saturated rings. The van der Waals surface area contributed by atoms with Crippen molar-refractivity contribution in [1.82, 2.24) is 0 Å². The van der Waals surface area contributed by atoms with Gasteiger partial charge in [-0.25, -0.2) is 0 Å². The Morgan fingerprint density at radius 1 is 1.05 bits per heavy atom. The molecule has 0 amide bonds. The van der Waals surface area contributed by atoms with Crippen LogP contribution in [-0.2, 0) is 0 Å². The number of benzene rings is 2. The molecule has 19 heavy (non-hydrogen) atoms. The van der Waals surface area contributed by atoms with Gasteiger partial charge in [0.25, 0.3) is 0 Å². The van der Waals surface area contributed by atoms with Crippen molar-refractivity contribution >= 4 is 5.78 Å². The number of aliphatic hydroxyl groups excluding tert-OH is 1. The van der Waals surface area contributed by atoms with Crippen molar-refractivity contribution < 1.29 is 14.6 Å². The molecule has 0 saturated heterocycles. The molecule has 0 heterocycles. The molecule has 0 aliphatic heterocycles. The van der Waals surface area contributed by atoms with Crippen LogP contribution in [0.2, 0.25) is 0 Å². The third-order valence-corrected chi connectivity index (χ3v) is 3.02. The minimum Gasteiger partial charge on any atom is -0.497 e. The average Bonchev–Trinajstić information content (AvgIpc) is 2.46. The fourth-order valence-corrected chi connectivity index (χ4v) is 1.81. The number of rotatable bonds is 4. The van der Waals surface area contributed by atoms with Crippen LogP contribution in [-0.4, -0.2) is 18.0 Å². The molecule has 1 unspecified atom stereocenters. The Morgan fingerprint density at radius 3 is 2.16 bits per heavy atom. The van der Waals surface area contributed by atoms with Crippen LogP contribution in [0.4, 0.5) is 0 Å². The van der Waals surface area contributed by atoms with Gasteiger partial charge < -0.3 is 9.84 Å². The second-order valence-electron chi connectivity index (χ2n) is 4.41. The Hall–Kier alpha value is -2.13. The first-order valence-corrected chi connectivity index (χ1v) is 6.04. The first-order valence-electron chi connectivity index (χ1n) is 6.04. The predicted molar refractivity (Wildman–Crippen MR) is 73.5 cm³/mol. The highest BCUT2D eigenvalue weighted by molar-refractivity contribution is 5.99. The first kappa shape index (κ1) is 13.3. The molecule has 0 aromatic heterocycles. The van der Waals surface area contributed by atoms with Gasteiger partial charge in [0.2, 0.25) is 0 Å². The topological polar surface area (TPSA) is 46.5 Å². The molecular formula is C16H16O3. The van der Waals surface area contributed by atoms with Crippen molar-refractivity contribution in [3.63, 3.8) is 0 Å². The monoisotopic (exact) mass is 256 g/mol. The fraction of sp³-hybridized carbons (Fsp3) is 0.188. The number of ether oxygens (including phenoxy) is 1.